The number of amides is 1. The van der Waals surface area contributed by atoms with Crippen LogP contribution in [0.2, 0.25) is 0 Å². The smallest absolute Gasteiger partial charge is 0.236 e. The van der Waals surface area contributed by atoms with E-state index in [-0.39, 0.29) is 11.9 Å². The zero-order valence-corrected chi connectivity index (χ0v) is 12.4. The van der Waals surface area contributed by atoms with Crippen LogP contribution in [-0.2, 0) is 4.79 Å². The fourth-order valence-electron chi connectivity index (χ4n) is 1.92. The van der Waals surface area contributed by atoms with Gasteiger partial charge >= 0.3 is 0 Å². The van der Waals surface area contributed by atoms with Gasteiger partial charge in [0.25, 0.3) is 0 Å². The van der Waals surface area contributed by atoms with Gasteiger partial charge in [-0.05, 0) is 13.8 Å². The molecule has 0 aliphatic carbocycles. The molecule has 0 saturated carbocycles. The number of nitrogens with zero attached hydrogens (tertiary/aromatic N) is 3. The summed E-state index contributed by atoms with van der Waals surface area (Å²) in [5, 5.41) is 0. The number of piperazine rings is 1. The molecule has 6 heteroatoms. The van der Waals surface area contributed by atoms with Crippen molar-refractivity contribution in [2.45, 2.75) is 19.9 Å². The van der Waals surface area contributed by atoms with Crippen molar-refractivity contribution in [3.05, 3.63) is 0 Å². The van der Waals surface area contributed by atoms with Gasteiger partial charge in [-0.2, -0.15) is 0 Å². The quantitative estimate of drug-likeness (QED) is 0.700. The van der Waals surface area contributed by atoms with Crippen molar-refractivity contribution < 1.29 is 4.79 Å². The lowest BCUT2D eigenvalue weighted by molar-refractivity contribution is -0.133. The molecule has 104 valence electrons. The topological polar surface area (TPSA) is 52.8 Å². The average molecular weight is 272 g/mol. The molecule has 0 aromatic rings. The minimum Gasteiger partial charge on any atom is -0.392 e. The van der Waals surface area contributed by atoms with E-state index in [1.54, 1.807) is 4.90 Å². The Morgan fingerprint density at radius 3 is 2.06 bits per heavy atom. The summed E-state index contributed by atoms with van der Waals surface area (Å²) in [5.41, 5.74) is 5.53. The highest BCUT2D eigenvalue weighted by Gasteiger charge is 2.21. The molecule has 5 nitrogen and oxygen atoms in total. The molecule has 0 radical (unpaired) electrons. The lowest BCUT2D eigenvalue weighted by Crippen LogP contribution is -2.51. The Labute approximate surface area is 115 Å². The van der Waals surface area contributed by atoms with Crippen LogP contribution in [0.5, 0.6) is 0 Å². The Morgan fingerprint density at radius 2 is 1.67 bits per heavy atom. The molecule has 0 aromatic carbocycles. The van der Waals surface area contributed by atoms with E-state index in [0.29, 0.717) is 18.1 Å². The van der Waals surface area contributed by atoms with E-state index in [2.05, 4.69) is 9.80 Å². The summed E-state index contributed by atoms with van der Waals surface area (Å²) in [7, 11) is 1.86. The summed E-state index contributed by atoms with van der Waals surface area (Å²) >= 11 is 4.90. The summed E-state index contributed by atoms with van der Waals surface area (Å²) < 4.78 is 0. The summed E-state index contributed by atoms with van der Waals surface area (Å²) in [6.45, 7) is 8.90. The first-order valence-electron chi connectivity index (χ1n) is 6.39. The van der Waals surface area contributed by atoms with Gasteiger partial charge in [0, 0.05) is 45.8 Å². The van der Waals surface area contributed by atoms with E-state index < -0.39 is 0 Å². The highest BCUT2D eigenvalue weighted by Crippen LogP contribution is 2.03. The number of likely N-dealkylation sites (N-methyl/N-ethyl adjacent to an activating group) is 1. The molecule has 0 unspecified atom stereocenters. The van der Waals surface area contributed by atoms with Crippen molar-refractivity contribution in [2.24, 2.45) is 5.73 Å². The number of rotatable bonds is 5. The molecule has 1 amide bonds. The molecular weight excluding hydrogens is 248 g/mol. The second kappa shape index (κ2) is 7.01. The van der Waals surface area contributed by atoms with E-state index >= 15 is 0 Å². The maximum atomic E-state index is 11.9. The molecule has 1 aliphatic rings. The predicted molar refractivity (Wildman–Crippen MR) is 77.6 cm³/mol. The first kappa shape index (κ1) is 15.3. The summed E-state index contributed by atoms with van der Waals surface area (Å²) in [6, 6.07) is 0.258. The molecule has 1 rings (SSSR count). The molecule has 2 N–H and O–H groups in total. The predicted octanol–water partition coefficient (Wildman–Crippen LogP) is -0.243. The summed E-state index contributed by atoms with van der Waals surface area (Å²) in [5.74, 6) is 0.188. The molecule has 18 heavy (non-hydrogen) atoms. The minimum absolute atomic E-state index is 0.188. The lowest BCUT2D eigenvalue weighted by atomic mass is 10.3. The third kappa shape index (κ3) is 4.88. The molecule has 0 spiro atoms. The number of nitrogens with two attached hydrogens (primary N) is 1. The second-order valence-electron chi connectivity index (χ2n) is 5.12. The van der Waals surface area contributed by atoms with Crippen LogP contribution in [0.25, 0.3) is 0 Å². The van der Waals surface area contributed by atoms with Crippen LogP contribution in [0, 0.1) is 0 Å². The van der Waals surface area contributed by atoms with E-state index in [1.165, 1.54) is 0 Å². The van der Waals surface area contributed by atoms with Crippen LogP contribution in [0.1, 0.15) is 13.8 Å². The maximum Gasteiger partial charge on any atom is 0.236 e. The molecule has 1 fully saturated rings. The number of carbonyl (C=O) groups excluding carboxylic acids is 1. The largest absolute Gasteiger partial charge is 0.392 e. The molecular formula is C12H24N4OS. The number of hydrogen-bond acceptors (Lipinski definition) is 4. The molecule has 0 aromatic heterocycles. The Bertz CT molecular complexity index is 300. The number of hydrogen-bond donors (Lipinski definition) is 1. The summed E-state index contributed by atoms with van der Waals surface area (Å²) in [6.07, 6.45) is 0. The van der Waals surface area contributed by atoms with Crippen LogP contribution in [-0.4, -0.2) is 78.0 Å². The van der Waals surface area contributed by atoms with Crippen molar-refractivity contribution in [1.82, 2.24) is 14.7 Å². The monoisotopic (exact) mass is 272 g/mol. The fourth-order valence-corrected chi connectivity index (χ4v) is 2.10. The van der Waals surface area contributed by atoms with Gasteiger partial charge in [0.2, 0.25) is 5.91 Å². The summed E-state index contributed by atoms with van der Waals surface area (Å²) in [4.78, 5) is 18.7. The molecule has 1 heterocycles. The van der Waals surface area contributed by atoms with E-state index in [1.807, 2.05) is 20.9 Å². The molecule has 1 saturated heterocycles. The highest BCUT2D eigenvalue weighted by atomic mass is 32.1. The van der Waals surface area contributed by atoms with E-state index in [4.69, 9.17) is 18.0 Å². The lowest BCUT2D eigenvalue weighted by Gasteiger charge is -2.35. The van der Waals surface area contributed by atoms with Crippen molar-refractivity contribution >= 4 is 23.1 Å². The van der Waals surface area contributed by atoms with Crippen LogP contribution >= 0.6 is 12.2 Å². The van der Waals surface area contributed by atoms with Crippen LogP contribution in [0.15, 0.2) is 0 Å². The van der Waals surface area contributed by atoms with Gasteiger partial charge in [0.15, 0.2) is 0 Å². The van der Waals surface area contributed by atoms with Crippen LogP contribution in [0.4, 0.5) is 0 Å². The Kier molecular flexibility index (Phi) is 5.98. The number of carbonyl (C=O) groups is 1. The van der Waals surface area contributed by atoms with Crippen LogP contribution in [0.3, 0.4) is 0 Å². The highest BCUT2D eigenvalue weighted by molar-refractivity contribution is 7.80. The SMILES string of the molecule is CC(C)N(C)C(=O)CN1CCN(CC(N)=S)CC1. The van der Waals surface area contributed by atoms with Crippen molar-refractivity contribution in [2.75, 3.05) is 46.3 Å². The third-order valence-corrected chi connectivity index (χ3v) is 3.50. The van der Waals surface area contributed by atoms with Crippen molar-refractivity contribution in [3.63, 3.8) is 0 Å². The Balaban J connectivity index is 2.31. The zero-order valence-electron chi connectivity index (χ0n) is 11.6. The van der Waals surface area contributed by atoms with Gasteiger partial charge in [-0.25, -0.2) is 0 Å². The Morgan fingerprint density at radius 1 is 1.22 bits per heavy atom. The Hall–Kier alpha value is -0.720. The third-order valence-electron chi connectivity index (χ3n) is 3.37. The van der Waals surface area contributed by atoms with Gasteiger partial charge in [0.1, 0.15) is 0 Å². The van der Waals surface area contributed by atoms with Gasteiger partial charge in [-0.3, -0.25) is 14.6 Å². The first-order chi connectivity index (χ1) is 8.40. The normalized spacial score (nSPS) is 18.0. The molecule has 0 atom stereocenters. The standard InChI is InChI=1S/C12H24N4OS/c1-10(2)14(3)12(17)9-16-6-4-15(5-7-16)8-11(13)18/h10H,4-9H2,1-3H3,(H2,13,18). The van der Waals surface area contributed by atoms with Crippen molar-refractivity contribution in [3.8, 4) is 0 Å². The molecule has 1 aliphatic heterocycles. The van der Waals surface area contributed by atoms with E-state index in [0.717, 1.165) is 26.2 Å². The van der Waals surface area contributed by atoms with Gasteiger partial charge < -0.3 is 10.6 Å². The zero-order chi connectivity index (χ0) is 13.7. The number of thiocarbonyl (C=S) groups is 1. The average Bonchev–Trinajstić information content (AvgIpc) is 2.29. The fraction of sp³-hybridized carbons (Fsp3) is 0.833. The van der Waals surface area contributed by atoms with Gasteiger partial charge in [-0.1, -0.05) is 12.2 Å². The minimum atomic E-state index is 0.188. The first-order valence-corrected chi connectivity index (χ1v) is 6.79. The van der Waals surface area contributed by atoms with Gasteiger partial charge in [0.05, 0.1) is 11.5 Å². The van der Waals surface area contributed by atoms with E-state index in [9.17, 15) is 4.79 Å². The molecule has 0 bridgehead atoms. The maximum absolute atomic E-state index is 11.9. The van der Waals surface area contributed by atoms with Crippen molar-refractivity contribution in [1.29, 1.82) is 0 Å². The van der Waals surface area contributed by atoms with Gasteiger partial charge in [-0.15, -0.1) is 0 Å². The second-order valence-corrected chi connectivity index (χ2v) is 5.64. The van der Waals surface area contributed by atoms with Crippen LogP contribution < -0.4 is 5.73 Å².